The first-order chi connectivity index (χ1) is 23.2. The van der Waals surface area contributed by atoms with Crippen LogP contribution < -0.4 is 14.2 Å². The molecule has 16 heteroatoms. The highest BCUT2D eigenvalue weighted by molar-refractivity contribution is 7.92. The van der Waals surface area contributed by atoms with E-state index in [1.807, 2.05) is 13.8 Å². The van der Waals surface area contributed by atoms with Crippen molar-refractivity contribution in [1.29, 1.82) is 0 Å². The number of aryl methyl sites for hydroxylation is 1. The lowest BCUT2D eigenvalue weighted by Crippen LogP contribution is -2.48. The summed E-state index contributed by atoms with van der Waals surface area (Å²) in [6.45, 7) is 5.58. The van der Waals surface area contributed by atoms with E-state index in [2.05, 4.69) is 9.71 Å². The van der Waals surface area contributed by atoms with Crippen LogP contribution in [-0.2, 0) is 31.8 Å². The Labute approximate surface area is 289 Å². The largest absolute Gasteiger partial charge is 0.497 e. The molecule has 270 valence electrons. The van der Waals surface area contributed by atoms with Gasteiger partial charge in [0.25, 0.3) is 15.9 Å². The van der Waals surface area contributed by atoms with Crippen molar-refractivity contribution in [2.24, 2.45) is 13.0 Å². The number of aromatic nitrogens is 2. The van der Waals surface area contributed by atoms with Crippen molar-refractivity contribution in [2.45, 2.75) is 68.2 Å². The lowest BCUT2D eigenvalue weighted by molar-refractivity contribution is -0.00833. The lowest BCUT2D eigenvalue weighted by atomic mass is 10.0. The van der Waals surface area contributed by atoms with Gasteiger partial charge < -0.3 is 28.8 Å². The predicted octanol–water partition coefficient (Wildman–Crippen LogP) is 3.35. The fourth-order valence-electron chi connectivity index (χ4n) is 5.46. The van der Waals surface area contributed by atoms with E-state index in [-0.39, 0.29) is 58.6 Å². The molecule has 49 heavy (non-hydrogen) atoms. The van der Waals surface area contributed by atoms with Crippen LogP contribution in [0.4, 0.5) is 5.69 Å². The molecular formula is C33H47N5O9S2. The monoisotopic (exact) mass is 721 g/mol. The highest BCUT2D eigenvalue weighted by atomic mass is 32.2. The van der Waals surface area contributed by atoms with Crippen LogP contribution in [0.5, 0.6) is 11.5 Å². The number of nitrogens with zero attached hydrogens (tertiary/aromatic N) is 4. The van der Waals surface area contributed by atoms with Crippen LogP contribution in [0.25, 0.3) is 0 Å². The summed E-state index contributed by atoms with van der Waals surface area (Å²) >= 11 is 0. The van der Waals surface area contributed by atoms with Gasteiger partial charge in [0.1, 0.15) is 11.5 Å². The van der Waals surface area contributed by atoms with Gasteiger partial charge in [-0.15, -0.1) is 0 Å². The average Bonchev–Trinajstić information content (AvgIpc) is 3.53. The molecule has 2 N–H and O–H groups in total. The topological polar surface area (TPSA) is 170 Å². The van der Waals surface area contributed by atoms with Crippen LogP contribution in [-0.4, -0.2) is 105 Å². The molecular weight excluding hydrogens is 675 g/mol. The second-order valence-electron chi connectivity index (χ2n) is 12.5. The van der Waals surface area contributed by atoms with Gasteiger partial charge in [-0.3, -0.25) is 9.52 Å². The second kappa shape index (κ2) is 16.3. The highest BCUT2D eigenvalue weighted by Crippen LogP contribution is 2.30. The molecule has 1 amide bonds. The van der Waals surface area contributed by atoms with Crippen molar-refractivity contribution in [3.8, 4) is 11.5 Å². The molecule has 0 spiro atoms. The van der Waals surface area contributed by atoms with Crippen molar-refractivity contribution in [2.75, 3.05) is 45.2 Å². The van der Waals surface area contributed by atoms with Gasteiger partial charge in [0.15, 0.2) is 5.03 Å². The van der Waals surface area contributed by atoms with Crippen LogP contribution in [0.3, 0.4) is 0 Å². The number of hydrogen-bond acceptors (Lipinski definition) is 10. The minimum atomic E-state index is -4.06. The Morgan fingerprint density at radius 3 is 2.47 bits per heavy atom. The predicted molar refractivity (Wildman–Crippen MR) is 184 cm³/mol. The number of aliphatic hydroxyl groups is 1. The number of rotatable bonds is 10. The molecule has 2 heterocycles. The zero-order chi connectivity index (χ0) is 35.9. The van der Waals surface area contributed by atoms with Gasteiger partial charge in [0.05, 0.1) is 48.8 Å². The molecule has 4 atom stereocenters. The molecule has 14 nitrogen and oxygen atoms in total. The van der Waals surface area contributed by atoms with Gasteiger partial charge in [0, 0.05) is 51.6 Å². The molecule has 1 aliphatic rings. The number of nitrogens with one attached hydrogen (secondary N) is 1. The number of carbonyl (C=O) groups excluding carboxylic acids is 1. The summed E-state index contributed by atoms with van der Waals surface area (Å²) in [6, 6.07) is 9.98. The number of ether oxygens (including phenoxy) is 3. The van der Waals surface area contributed by atoms with E-state index < -0.39 is 38.1 Å². The highest BCUT2D eigenvalue weighted by Gasteiger charge is 2.33. The Morgan fingerprint density at radius 2 is 1.84 bits per heavy atom. The average molecular weight is 722 g/mol. The Hall–Kier alpha value is -3.70. The van der Waals surface area contributed by atoms with Gasteiger partial charge in [-0.05, 0) is 75.6 Å². The van der Waals surface area contributed by atoms with E-state index in [0.717, 1.165) is 6.42 Å². The molecule has 2 aromatic carbocycles. The first kappa shape index (κ1) is 38.1. The number of imidazole rings is 1. The van der Waals surface area contributed by atoms with E-state index in [1.165, 1.54) is 64.7 Å². The van der Waals surface area contributed by atoms with Gasteiger partial charge in [-0.25, -0.2) is 13.4 Å². The molecule has 0 saturated heterocycles. The summed E-state index contributed by atoms with van der Waals surface area (Å²) in [7, 11) is -3.29. The molecule has 1 aliphatic heterocycles. The third kappa shape index (κ3) is 9.51. The Balaban J connectivity index is 1.66. The number of hydrogen-bond donors (Lipinski definition) is 2. The zero-order valence-corrected chi connectivity index (χ0v) is 30.4. The summed E-state index contributed by atoms with van der Waals surface area (Å²) in [5.74, 6) is -0.0735. The van der Waals surface area contributed by atoms with Gasteiger partial charge in [0.2, 0.25) is 10.0 Å². The van der Waals surface area contributed by atoms with Crippen molar-refractivity contribution in [3.63, 3.8) is 0 Å². The SMILES string of the molecule is COc1ccc(S(=O)(=O)N(C)C[C@@H]2OCCCC[C@H](C)Oc3ccc(NS(=O)(=O)c4cn(C)cn4)cc3C(=O)N([C@@H](C)CO)C[C@@H]2C)cc1. The molecule has 4 rings (SSSR count). The zero-order valence-electron chi connectivity index (χ0n) is 28.8. The summed E-state index contributed by atoms with van der Waals surface area (Å²) in [6.07, 6.45) is 3.94. The maximum Gasteiger partial charge on any atom is 0.280 e. The number of methoxy groups -OCH3 is 1. The first-order valence-corrected chi connectivity index (χ1v) is 19.0. The van der Waals surface area contributed by atoms with Gasteiger partial charge in [-0.1, -0.05) is 6.92 Å². The molecule has 0 aliphatic carbocycles. The molecule has 0 saturated carbocycles. The maximum atomic E-state index is 14.4. The number of fused-ring (bicyclic) bond motifs is 1. The van der Waals surface area contributed by atoms with Crippen LogP contribution in [0.15, 0.2) is 64.9 Å². The van der Waals surface area contributed by atoms with E-state index in [9.17, 15) is 26.7 Å². The number of amides is 1. The Bertz CT molecular complexity index is 1780. The summed E-state index contributed by atoms with van der Waals surface area (Å²) in [4.78, 5) is 19.9. The van der Waals surface area contributed by atoms with Crippen LogP contribution >= 0.6 is 0 Å². The van der Waals surface area contributed by atoms with Crippen molar-refractivity contribution in [1.82, 2.24) is 18.8 Å². The van der Waals surface area contributed by atoms with E-state index in [1.54, 1.807) is 32.2 Å². The smallest absolute Gasteiger partial charge is 0.280 e. The fraction of sp³-hybridized carbons (Fsp3) is 0.515. The van der Waals surface area contributed by atoms with Crippen molar-refractivity contribution >= 4 is 31.6 Å². The van der Waals surface area contributed by atoms with Gasteiger partial charge >= 0.3 is 0 Å². The summed E-state index contributed by atoms with van der Waals surface area (Å²) in [5.41, 5.74) is 0.237. The normalized spacial score (nSPS) is 20.6. The van der Waals surface area contributed by atoms with E-state index in [4.69, 9.17) is 14.2 Å². The van der Waals surface area contributed by atoms with Gasteiger partial charge in [-0.2, -0.15) is 12.7 Å². The number of carbonyl (C=O) groups is 1. The molecule has 0 bridgehead atoms. The molecule has 0 radical (unpaired) electrons. The van der Waals surface area contributed by atoms with Crippen molar-refractivity contribution < 1.29 is 40.9 Å². The fourth-order valence-corrected chi connectivity index (χ4v) is 7.68. The standard InChI is InChI=1S/C33H47N5O9S2/c1-23-18-38(24(2)21-39)33(40)29-17-26(35-48(41,42)32-20-36(4)22-34-32)10-15-30(29)47-25(3)9-7-8-16-46-31(23)19-37(5)49(43,44)28-13-11-27(45-6)12-14-28/h10-15,17,20,22-25,31,35,39H,7-9,16,18-19,21H2,1-6H3/t23-,24-,25-,31-/m0/s1. The molecule has 0 fully saturated rings. The number of likely N-dealkylation sites (N-methyl/N-ethyl adjacent to an activating group) is 1. The number of anilines is 1. The molecule has 1 aromatic heterocycles. The van der Waals surface area contributed by atoms with E-state index in [0.29, 0.717) is 25.2 Å². The quantitative estimate of drug-likeness (QED) is 0.317. The first-order valence-electron chi connectivity index (χ1n) is 16.1. The van der Waals surface area contributed by atoms with Crippen LogP contribution in [0.1, 0.15) is 50.4 Å². The number of benzene rings is 2. The van der Waals surface area contributed by atoms with Crippen LogP contribution in [0.2, 0.25) is 0 Å². The minimum absolute atomic E-state index is 0.0145. The maximum absolute atomic E-state index is 14.4. The van der Waals surface area contributed by atoms with Crippen molar-refractivity contribution in [3.05, 3.63) is 60.6 Å². The molecule has 0 unspecified atom stereocenters. The third-order valence-corrected chi connectivity index (χ3v) is 11.6. The molecule has 3 aromatic rings. The van der Waals surface area contributed by atoms with Crippen LogP contribution in [0, 0.1) is 5.92 Å². The van der Waals surface area contributed by atoms with E-state index >= 15 is 0 Å². The third-order valence-electron chi connectivity index (χ3n) is 8.46. The summed E-state index contributed by atoms with van der Waals surface area (Å²) < 4.78 is 76.1. The Kier molecular flexibility index (Phi) is 12.7. The summed E-state index contributed by atoms with van der Waals surface area (Å²) in [5, 5.41) is 10.0. The second-order valence-corrected chi connectivity index (χ2v) is 16.1. The Morgan fingerprint density at radius 1 is 1.12 bits per heavy atom. The lowest BCUT2D eigenvalue weighted by Gasteiger charge is -2.35. The number of sulfonamides is 2. The minimum Gasteiger partial charge on any atom is -0.497 e. The number of aliphatic hydroxyl groups excluding tert-OH is 1.